The summed E-state index contributed by atoms with van der Waals surface area (Å²) < 4.78 is 28.7. The Morgan fingerprint density at radius 2 is 1.57 bits per heavy atom. The van der Waals surface area contributed by atoms with E-state index in [-0.39, 0.29) is 5.75 Å². The molecule has 2 aromatic carbocycles. The molecule has 0 radical (unpaired) electrons. The van der Waals surface area contributed by atoms with E-state index in [9.17, 15) is 13.9 Å². The molecular formula is C21H23F2N3O2. The normalized spacial score (nSPS) is 16.7. The first kappa shape index (κ1) is 20.2. The van der Waals surface area contributed by atoms with E-state index in [4.69, 9.17) is 5.26 Å². The van der Waals surface area contributed by atoms with Crippen LogP contribution in [0, 0.1) is 11.3 Å². The van der Waals surface area contributed by atoms with Crippen molar-refractivity contribution in [3.05, 3.63) is 65.2 Å². The van der Waals surface area contributed by atoms with E-state index < -0.39 is 12.7 Å². The Bertz CT molecular complexity index is 783. The van der Waals surface area contributed by atoms with Crippen molar-refractivity contribution in [1.82, 2.24) is 9.80 Å². The summed E-state index contributed by atoms with van der Waals surface area (Å²) in [5.41, 5.74) is 2.52. The molecule has 1 saturated heterocycles. The van der Waals surface area contributed by atoms with E-state index in [0.717, 1.165) is 32.7 Å². The average Bonchev–Trinajstić information content (AvgIpc) is 2.70. The Morgan fingerprint density at radius 3 is 2.14 bits per heavy atom. The third-order valence-electron chi connectivity index (χ3n) is 4.88. The Hall–Kier alpha value is -2.53. The molecule has 1 heterocycles. The monoisotopic (exact) mass is 387 g/mol. The van der Waals surface area contributed by atoms with Crippen LogP contribution >= 0.6 is 0 Å². The third-order valence-corrected chi connectivity index (χ3v) is 4.88. The number of halogens is 2. The third kappa shape index (κ3) is 5.73. The molecule has 1 unspecified atom stereocenters. The molecule has 0 bridgehead atoms. The maximum Gasteiger partial charge on any atom is 0.387 e. The molecule has 7 heteroatoms. The number of hydrogen-bond donors (Lipinski definition) is 1. The number of piperazine rings is 1. The lowest BCUT2D eigenvalue weighted by atomic mass is 10.1. The molecule has 1 N–H and O–H groups in total. The van der Waals surface area contributed by atoms with Crippen molar-refractivity contribution in [3.63, 3.8) is 0 Å². The molecule has 3 rings (SSSR count). The molecule has 0 aliphatic carbocycles. The van der Waals surface area contributed by atoms with E-state index in [1.54, 1.807) is 12.1 Å². The number of rotatable bonds is 7. The van der Waals surface area contributed by atoms with Crippen molar-refractivity contribution in [2.75, 3.05) is 32.7 Å². The van der Waals surface area contributed by atoms with E-state index in [1.807, 2.05) is 24.3 Å². The number of nitrogens with zero attached hydrogens (tertiary/aromatic N) is 3. The number of ether oxygens (including phenoxy) is 1. The molecule has 148 valence electrons. The molecule has 5 nitrogen and oxygen atoms in total. The summed E-state index contributed by atoms with van der Waals surface area (Å²) in [5.74, 6) is 0.0855. The standard InChI is InChI=1S/C21H23F2N3O2/c22-21(23)28-19-7-5-18(6-8-19)20(27)15-26-11-9-25(10-12-26)14-17-3-1-16(13-24)2-4-17/h1-8,20-21,27H,9-12,14-15H2. The summed E-state index contributed by atoms with van der Waals surface area (Å²) in [4.78, 5) is 4.55. The van der Waals surface area contributed by atoms with Crippen LogP contribution in [0.15, 0.2) is 48.5 Å². The number of β-amino-alcohol motifs (C(OH)–C–C–N with tert-alkyl or cyclic N) is 1. The zero-order valence-electron chi connectivity index (χ0n) is 15.5. The summed E-state index contributed by atoms with van der Waals surface area (Å²) in [6.45, 7) is 1.98. The van der Waals surface area contributed by atoms with E-state index in [2.05, 4.69) is 20.6 Å². The van der Waals surface area contributed by atoms with Crippen LogP contribution in [0.3, 0.4) is 0 Å². The minimum Gasteiger partial charge on any atom is -0.435 e. The molecule has 0 spiro atoms. The molecule has 1 aliphatic heterocycles. The molecule has 0 aromatic heterocycles. The van der Waals surface area contributed by atoms with Crippen LogP contribution in [0.1, 0.15) is 22.8 Å². The van der Waals surface area contributed by atoms with Gasteiger partial charge < -0.3 is 9.84 Å². The number of aliphatic hydroxyl groups excluding tert-OH is 1. The van der Waals surface area contributed by atoms with E-state index >= 15 is 0 Å². The minimum absolute atomic E-state index is 0.0855. The number of benzene rings is 2. The van der Waals surface area contributed by atoms with Crippen molar-refractivity contribution in [1.29, 1.82) is 5.26 Å². The number of nitriles is 1. The minimum atomic E-state index is -2.85. The molecule has 1 aliphatic rings. The smallest absolute Gasteiger partial charge is 0.387 e. The molecule has 0 amide bonds. The molecular weight excluding hydrogens is 364 g/mol. The number of hydrogen-bond acceptors (Lipinski definition) is 5. The average molecular weight is 387 g/mol. The highest BCUT2D eigenvalue weighted by atomic mass is 19.3. The fourth-order valence-corrected chi connectivity index (χ4v) is 3.29. The zero-order chi connectivity index (χ0) is 19.9. The van der Waals surface area contributed by atoms with Gasteiger partial charge in [0, 0.05) is 39.3 Å². The van der Waals surface area contributed by atoms with Crippen LogP contribution in [0.25, 0.3) is 0 Å². The Morgan fingerprint density at radius 1 is 0.964 bits per heavy atom. The van der Waals surface area contributed by atoms with Crippen LogP contribution < -0.4 is 4.74 Å². The first-order valence-electron chi connectivity index (χ1n) is 9.20. The predicted molar refractivity (Wildman–Crippen MR) is 101 cm³/mol. The van der Waals surface area contributed by atoms with Gasteiger partial charge in [0.1, 0.15) is 5.75 Å². The van der Waals surface area contributed by atoms with Gasteiger partial charge in [-0.05, 0) is 35.4 Å². The van der Waals surface area contributed by atoms with Gasteiger partial charge in [0.05, 0.1) is 17.7 Å². The number of aliphatic hydroxyl groups is 1. The van der Waals surface area contributed by atoms with Crippen molar-refractivity contribution < 1.29 is 18.6 Å². The number of alkyl halides is 2. The zero-order valence-corrected chi connectivity index (χ0v) is 15.5. The Kier molecular flexibility index (Phi) is 6.93. The maximum atomic E-state index is 12.2. The highest BCUT2D eigenvalue weighted by Gasteiger charge is 2.20. The van der Waals surface area contributed by atoms with Crippen LogP contribution in [-0.4, -0.2) is 54.2 Å². The lowest BCUT2D eigenvalue weighted by molar-refractivity contribution is -0.0498. The second-order valence-corrected chi connectivity index (χ2v) is 6.85. The summed E-state index contributed by atoms with van der Waals surface area (Å²) in [7, 11) is 0. The lowest BCUT2D eigenvalue weighted by Gasteiger charge is -2.35. The van der Waals surface area contributed by atoms with Gasteiger partial charge in [-0.15, -0.1) is 0 Å². The maximum absolute atomic E-state index is 12.2. The summed E-state index contributed by atoms with van der Waals surface area (Å²) in [5, 5.41) is 19.3. The van der Waals surface area contributed by atoms with Gasteiger partial charge in [-0.25, -0.2) is 0 Å². The summed E-state index contributed by atoms with van der Waals surface area (Å²) in [6.07, 6.45) is -0.675. The van der Waals surface area contributed by atoms with Crippen LogP contribution in [-0.2, 0) is 6.54 Å². The van der Waals surface area contributed by atoms with E-state index in [0.29, 0.717) is 17.7 Å². The lowest BCUT2D eigenvalue weighted by Crippen LogP contribution is -2.47. The molecule has 1 fully saturated rings. The van der Waals surface area contributed by atoms with Crippen LogP contribution in [0.4, 0.5) is 8.78 Å². The highest BCUT2D eigenvalue weighted by molar-refractivity contribution is 5.31. The van der Waals surface area contributed by atoms with Crippen LogP contribution in [0.5, 0.6) is 5.75 Å². The van der Waals surface area contributed by atoms with Gasteiger partial charge in [0.15, 0.2) is 0 Å². The molecule has 1 atom stereocenters. The largest absolute Gasteiger partial charge is 0.435 e. The second-order valence-electron chi connectivity index (χ2n) is 6.85. The summed E-state index contributed by atoms with van der Waals surface area (Å²) >= 11 is 0. The van der Waals surface area contributed by atoms with Gasteiger partial charge in [0.25, 0.3) is 0 Å². The van der Waals surface area contributed by atoms with Gasteiger partial charge in [-0.2, -0.15) is 14.0 Å². The Labute approximate surface area is 163 Å². The Balaban J connectivity index is 1.45. The van der Waals surface area contributed by atoms with Crippen molar-refractivity contribution in [2.45, 2.75) is 19.3 Å². The van der Waals surface area contributed by atoms with Gasteiger partial charge in [-0.3, -0.25) is 9.80 Å². The molecule has 0 saturated carbocycles. The summed E-state index contributed by atoms with van der Waals surface area (Å²) in [6, 6.07) is 15.9. The second kappa shape index (κ2) is 9.60. The first-order chi connectivity index (χ1) is 13.5. The van der Waals surface area contributed by atoms with Gasteiger partial charge >= 0.3 is 6.61 Å². The topological polar surface area (TPSA) is 59.7 Å². The van der Waals surface area contributed by atoms with E-state index in [1.165, 1.54) is 17.7 Å². The van der Waals surface area contributed by atoms with Crippen LogP contribution in [0.2, 0.25) is 0 Å². The van der Waals surface area contributed by atoms with Gasteiger partial charge in [-0.1, -0.05) is 24.3 Å². The first-order valence-corrected chi connectivity index (χ1v) is 9.20. The van der Waals surface area contributed by atoms with Crippen molar-refractivity contribution >= 4 is 0 Å². The predicted octanol–water partition coefficient (Wildman–Crippen LogP) is 3.01. The van der Waals surface area contributed by atoms with Gasteiger partial charge in [0.2, 0.25) is 0 Å². The fourth-order valence-electron chi connectivity index (χ4n) is 3.29. The van der Waals surface area contributed by atoms with Crippen molar-refractivity contribution in [2.24, 2.45) is 0 Å². The van der Waals surface area contributed by atoms with Crippen molar-refractivity contribution in [3.8, 4) is 11.8 Å². The SMILES string of the molecule is N#Cc1ccc(CN2CCN(CC(O)c3ccc(OC(F)F)cc3)CC2)cc1. The quantitative estimate of drug-likeness (QED) is 0.792. The molecule has 28 heavy (non-hydrogen) atoms. The molecule has 2 aromatic rings. The fraction of sp³-hybridized carbons (Fsp3) is 0.381. The highest BCUT2D eigenvalue weighted by Crippen LogP contribution is 2.21.